The van der Waals surface area contributed by atoms with Gasteiger partial charge in [-0.15, -0.1) is 11.3 Å². The first-order valence-corrected chi connectivity index (χ1v) is 8.78. The second-order valence-corrected chi connectivity index (χ2v) is 7.10. The summed E-state index contributed by atoms with van der Waals surface area (Å²) in [5, 5.41) is 2.81. The van der Waals surface area contributed by atoms with Crippen LogP contribution in [0.25, 0.3) is 0 Å². The molecule has 2 atom stereocenters. The number of aryl methyl sites for hydroxylation is 2. The summed E-state index contributed by atoms with van der Waals surface area (Å²) in [4.78, 5) is 37.1. The Bertz CT molecular complexity index is 608. The van der Waals surface area contributed by atoms with Crippen LogP contribution in [-0.4, -0.2) is 30.8 Å². The number of piperidine rings is 1. The molecule has 0 radical (unpaired) electrons. The van der Waals surface area contributed by atoms with Crippen LogP contribution >= 0.6 is 11.3 Å². The summed E-state index contributed by atoms with van der Waals surface area (Å²) >= 11 is 1.54. The number of amides is 1. The highest BCUT2D eigenvalue weighted by atomic mass is 32.1. The lowest BCUT2D eigenvalue weighted by Crippen LogP contribution is -2.45. The minimum Gasteiger partial charge on any atom is -0.465 e. The number of carbonyl (C=O) groups excluding carboxylic acids is 3. The van der Waals surface area contributed by atoms with Crippen LogP contribution in [0.5, 0.6) is 0 Å². The lowest BCUT2D eigenvalue weighted by Gasteiger charge is -2.27. The van der Waals surface area contributed by atoms with Gasteiger partial charge in [-0.05, 0) is 57.6 Å². The first-order valence-electron chi connectivity index (χ1n) is 7.97. The van der Waals surface area contributed by atoms with Crippen LogP contribution in [0.3, 0.4) is 0 Å². The van der Waals surface area contributed by atoms with Crippen LogP contribution in [0.4, 0.5) is 0 Å². The molecule has 0 bridgehead atoms. The first-order chi connectivity index (χ1) is 10.9. The number of ketones is 1. The second-order valence-electron chi connectivity index (χ2n) is 5.96. The molecule has 1 saturated heterocycles. The fourth-order valence-corrected chi connectivity index (χ4v) is 3.92. The summed E-state index contributed by atoms with van der Waals surface area (Å²) < 4.78 is 4.98. The van der Waals surface area contributed by atoms with Gasteiger partial charge in [-0.2, -0.15) is 0 Å². The van der Waals surface area contributed by atoms with Crippen LogP contribution in [0.1, 0.15) is 46.8 Å². The highest BCUT2D eigenvalue weighted by Gasteiger charge is 2.34. The van der Waals surface area contributed by atoms with Crippen molar-refractivity contribution in [1.29, 1.82) is 0 Å². The van der Waals surface area contributed by atoms with Crippen LogP contribution in [0.2, 0.25) is 0 Å². The minimum absolute atomic E-state index is 0.0941. The van der Waals surface area contributed by atoms with Crippen molar-refractivity contribution in [3.63, 3.8) is 0 Å². The molecule has 0 saturated carbocycles. The number of esters is 1. The van der Waals surface area contributed by atoms with Crippen molar-refractivity contribution in [2.24, 2.45) is 11.8 Å². The third-order valence-electron chi connectivity index (χ3n) is 4.17. The van der Waals surface area contributed by atoms with Crippen molar-refractivity contribution in [3.8, 4) is 0 Å². The molecular formula is C17H23NO4S. The summed E-state index contributed by atoms with van der Waals surface area (Å²) in [6.45, 7) is 6.22. The highest BCUT2D eigenvalue weighted by molar-refractivity contribution is 7.14. The predicted octanol–water partition coefficient (Wildman–Crippen LogP) is 2.51. The average molecular weight is 337 g/mol. The quantitative estimate of drug-likeness (QED) is 0.492. The van der Waals surface area contributed by atoms with Gasteiger partial charge in [-0.25, -0.2) is 0 Å². The summed E-state index contributed by atoms with van der Waals surface area (Å²) in [5.74, 6) is -1.00. The number of Topliss-reactive ketones (excluding diaryl/α,β-unsaturated/α-hetero) is 1. The Morgan fingerprint density at radius 2 is 2.17 bits per heavy atom. The third kappa shape index (κ3) is 4.41. The van der Waals surface area contributed by atoms with E-state index in [2.05, 4.69) is 5.32 Å². The molecule has 126 valence electrons. The highest BCUT2D eigenvalue weighted by Crippen LogP contribution is 2.28. The van der Waals surface area contributed by atoms with E-state index in [1.54, 1.807) is 25.2 Å². The smallest absolute Gasteiger partial charge is 0.318 e. The van der Waals surface area contributed by atoms with E-state index in [4.69, 9.17) is 4.74 Å². The maximum absolute atomic E-state index is 11.8. The molecule has 6 heteroatoms. The van der Waals surface area contributed by atoms with Gasteiger partial charge in [-0.1, -0.05) is 0 Å². The molecule has 1 N–H and O–H groups in total. The molecule has 1 aromatic heterocycles. The molecule has 2 rings (SSSR count). The molecular weight excluding hydrogens is 314 g/mol. The Morgan fingerprint density at radius 1 is 1.43 bits per heavy atom. The maximum atomic E-state index is 11.8. The molecule has 2 unspecified atom stereocenters. The van der Waals surface area contributed by atoms with Gasteiger partial charge >= 0.3 is 5.97 Å². The van der Waals surface area contributed by atoms with Crippen LogP contribution in [0.15, 0.2) is 6.07 Å². The van der Waals surface area contributed by atoms with Crippen LogP contribution in [0, 0.1) is 18.8 Å². The molecule has 1 aliphatic heterocycles. The summed E-state index contributed by atoms with van der Waals surface area (Å²) in [6, 6.07) is 1.94. The lowest BCUT2D eigenvalue weighted by molar-refractivity contribution is -0.154. The van der Waals surface area contributed by atoms with Gasteiger partial charge in [-0.3, -0.25) is 14.4 Å². The number of ether oxygens (including phenoxy) is 1. The Morgan fingerprint density at radius 3 is 2.78 bits per heavy atom. The van der Waals surface area contributed by atoms with Gasteiger partial charge in [0.2, 0.25) is 5.91 Å². The van der Waals surface area contributed by atoms with Crippen molar-refractivity contribution >= 4 is 29.0 Å². The Kier molecular flexibility index (Phi) is 5.93. The van der Waals surface area contributed by atoms with E-state index >= 15 is 0 Å². The van der Waals surface area contributed by atoms with Crippen molar-refractivity contribution in [1.82, 2.24) is 5.32 Å². The van der Waals surface area contributed by atoms with Gasteiger partial charge in [0.05, 0.1) is 11.5 Å². The fourth-order valence-electron chi connectivity index (χ4n) is 2.83. The Labute approximate surface area is 140 Å². The maximum Gasteiger partial charge on any atom is 0.318 e. The number of hydrogen-bond donors (Lipinski definition) is 1. The molecule has 1 fully saturated rings. The number of thiophene rings is 1. The van der Waals surface area contributed by atoms with E-state index in [0.717, 1.165) is 23.3 Å². The molecule has 23 heavy (non-hydrogen) atoms. The van der Waals surface area contributed by atoms with E-state index in [1.165, 1.54) is 4.88 Å². The number of hydrogen-bond acceptors (Lipinski definition) is 5. The summed E-state index contributed by atoms with van der Waals surface area (Å²) in [6.07, 6.45) is 2.28. The molecule has 1 aromatic rings. The average Bonchev–Trinajstić information content (AvgIpc) is 2.88. The van der Waals surface area contributed by atoms with Crippen molar-refractivity contribution in [2.75, 3.05) is 13.2 Å². The number of nitrogens with one attached hydrogen (secondary N) is 1. The van der Waals surface area contributed by atoms with Crippen molar-refractivity contribution in [2.45, 2.75) is 40.0 Å². The summed E-state index contributed by atoms with van der Waals surface area (Å²) in [7, 11) is 0. The van der Waals surface area contributed by atoms with E-state index in [9.17, 15) is 14.4 Å². The zero-order chi connectivity index (χ0) is 17.0. The number of carbonyl (C=O) groups is 3. The first kappa shape index (κ1) is 17.7. The largest absolute Gasteiger partial charge is 0.465 e. The Balaban J connectivity index is 1.94. The fraction of sp³-hybridized carbons (Fsp3) is 0.588. The third-order valence-corrected chi connectivity index (χ3v) is 5.57. The molecule has 1 amide bonds. The second kappa shape index (κ2) is 7.73. The van der Waals surface area contributed by atoms with E-state index < -0.39 is 11.9 Å². The van der Waals surface area contributed by atoms with Crippen molar-refractivity contribution < 1.29 is 19.1 Å². The van der Waals surface area contributed by atoms with E-state index in [0.29, 0.717) is 13.0 Å². The standard InChI is InChI=1S/C17H23NO4S/c1-4-22-17(21)13-8-12(9-18-16(13)20)5-6-14-10(2)7-15(23-14)11(3)19/h7,12-13H,4-6,8-9H2,1-3H3,(H,18,20). The van der Waals surface area contributed by atoms with E-state index in [-0.39, 0.29) is 24.2 Å². The molecule has 2 heterocycles. The van der Waals surface area contributed by atoms with Gasteiger partial charge < -0.3 is 10.1 Å². The van der Waals surface area contributed by atoms with Gasteiger partial charge in [0.1, 0.15) is 5.92 Å². The Hall–Kier alpha value is -1.69. The van der Waals surface area contributed by atoms with Gasteiger partial charge in [0.25, 0.3) is 0 Å². The van der Waals surface area contributed by atoms with Gasteiger partial charge in [0.15, 0.2) is 5.78 Å². The molecule has 1 aliphatic rings. The number of rotatable bonds is 6. The van der Waals surface area contributed by atoms with Gasteiger partial charge in [0, 0.05) is 11.4 Å². The molecule has 0 spiro atoms. The van der Waals surface area contributed by atoms with Crippen LogP contribution < -0.4 is 5.32 Å². The molecule has 0 aliphatic carbocycles. The van der Waals surface area contributed by atoms with E-state index in [1.807, 2.05) is 13.0 Å². The topological polar surface area (TPSA) is 72.5 Å². The molecule has 0 aromatic carbocycles. The monoisotopic (exact) mass is 337 g/mol. The minimum atomic E-state index is -0.689. The zero-order valence-electron chi connectivity index (χ0n) is 13.8. The lowest BCUT2D eigenvalue weighted by atomic mass is 9.86. The zero-order valence-corrected chi connectivity index (χ0v) is 14.6. The molecule has 5 nitrogen and oxygen atoms in total. The predicted molar refractivity (Wildman–Crippen MR) is 88.6 cm³/mol. The summed E-state index contributed by atoms with van der Waals surface area (Å²) in [5.41, 5.74) is 1.14. The van der Waals surface area contributed by atoms with Crippen molar-refractivity contribution in [3.05, 3.63) is 21.4 Å². The SMILES string of the molecule is CCOC(=O)C1CC(CCc2sc(C(C)=O)cc2C)CNC1=O. The normalized spacial score (nSPS) is 20.9. The van der Waals surface area contributed by atoms with Crippen LogP contribution in [-0.2, 0) is 20.7 Å².